The maximum Gasteiger partial charge on any atom is 0.243 e. The standard InChI is InChI=1S/C21H23ClN2O3S/c22-18-9-11-19(12-10-18)28(26,27)23-13-3-7-17(15-23)21(25)24-14-4-6-16-5-1-2-8-20(16)24/h1-2,5,8-12,17H,3-4,6-7,13-15H2. The minimum Gasteiger partial charge on any atom is -0.312 e. The quantitative estimate of drug-likeness (QED) is 0.763. The highest BCUT2D eigenvalue weighted by molar-refractivity contribution is 7.89. The van der Waals surface area contributed by atoms with E-state index in [4.69, 9.17) is 11.6 Å². The van der Waals surface area contributed by atoms with E-state index in [1.165, 1.54) is 22.0 Å². The summed E-state index contributed by atoms with van der Waals surface area (Å²) in [6.07, 6.45) is 3.30. The van der Waals surface area contributed by atoms with E-state index in [1.54, 1.807) is 12.1 Å². The van der Waals surface area contributed by atoms with E-state index in [2.05, 4.69) is 6.07 Å². The van der Waals surface area contributed by atoms with Gasteiger partial charge in [0.15, 0.2) is 0 Å². The van der Waals surface area contributed by atoms with Crippen molar-refractivity contribution >= 4 is 33.2 Å². The fraction of sp³-hybridized carbons (Fsp3) is 0.381. The first-order chi connectivity index (χ1) is 13.5. The number of hydrogen-bond acceptors (Lipinski definition) is 3. The normalized spacial score (nSPS) is 20.6. The number of para-hydroxylation sites is 1. The minimum atomic E-state index is -3.63. The van der Waals surface area contributed by atoms with Crippen molar-refractivity contribution in [2.75, 3.05) is 24.5 Å². The summed E-state index contributed by atoms with van der Waals surface area (Å²) in [6.45, 7) is 1.35. The summed E-state index contributed by atoms with van der Waals surface area (Å²) in [4.78, 5) is 15.3. The second kappa shape index (κ2) is 7.85. The Hall–Kier alpha value is -1.89. The van der Waals surface area contributed by atoms with Crippen LogP contribution in [0.1, 0.15) is 24.8 Å². The molecule has 1 atom stereocenters. The van der Waals surface area contributed by atoms with Crippen LogP contribution in [0.2, 0.25) is 5.02 Å². The van der Waals surface area contributed by atoms with E-state index in [0.29, 0.717) is 31.0 Å². The second-order valence-corrected chi connectivity index (χ2v) is 9.75. The summed E-state index contributed by atoms with van der Waals surface area (Å²) in [5.74, 6) is -0.287. The molecule has 0 saturated carbocycles. The molecule has 1 saturated heterocycles. The van der Waals surface area contributed by atoms with E-state index in [1.807, 2.05) is 23.1 Å². The van der Waals surface area contributed by atoms with Crippen LogP contribution in [0.4, 0.5) is 5.69 Å². The van der Waals surface area contributed by atoms with Crippen molar-refractivity contribution in [3.63, 3.8) is 0 Å². The fourth-order valence-electron chi connectivity index (χ4n) is 4.10. The number of carbonyl (C=O) groups excluding carboxylic acids is 1. The number of hydrogen-bond donors (Lipinski definition) is 0. The molecule has 0 aromatic heterocycles. The van der Waals surface area contributed by atoms with Crippen molar-refractivity contribution in [3.05, 3.63) is 59.1 Å². The number of aryl methyl sites for hydroxylation is 1. The van der Waals surface area contributed by atoms with Crippen molar-refractivity contribution in [2.45, 2.75) is 30.6 Å². The summed E-state index contributed by atoms with van der Waals surface area (Å²) in [5.41, 5.74) is 2.15. The summed E-state index contributed by atoms with van der Waals surface area (Å²) >= 11 is 5.88. The van der Waals surface area contributed by atoms with Crippen molar-refractivity contribution in [2.24, 2.45) is 5.92 Å². The number of benzene rings is 2. The summed E-state index contributed by atoms with van der Waals surface area (Å²) in [6, 6.07) is 14.2. The number of sulfonamides is 1. The van der Waals surface area contributed by atoms with Gasteiger partial charge in [0, 0.05) is 30.3 Å². The molecule has 2 aliphatic heterocycles. The Labute approximate surface area is 171 Å². The van der Waals surface area contributed by atoms with Crippen LogP contribution in [-0.4, -0.2) is 38.3 Å². The first kappa shape index (κ1) is 19.4. The Morgan fingerprint density at radius 3 is 2.54 bits per heavy atom. The number of amides is 1. The highest BCUT2D eigenvalue weighted by Gasteiger charge is 2.36. The molecule has 5 nitrogen and oxygen atoms in total. The lowest BCUT2D eigenvalue weighted by Gasteiger charge is -2.36. The molecule has 2 aromatic carbocycles. The zero-order chi connectivity index (χ0) is 19.7. The molecule has 2 heterocycles. The monoisotopic (exact) mass is 418 g/mol. The molecule has 2 aromatic rings. The van der Waals surface area contributed by atoms with Crippen LogP contribution in [0, 0.1) is 5.92 Å². The van der Waals surface area contributed by atoms with Crippen molar-refractivity contribution < 1.29 is 13.2 Å². The van der Waals surface area contributed by atoms with E-state index in [-0.39, 0.29) is 23.3 Å². The Morgan fingerprint density at radius 2 is 1.75 bits per heavy atom. The number of fused-ring (bicyclic) bond motifs is 1. The van der Waals surface area contributed by atoms with Gasteiger partial charge in [-0.3, -0.25) is 4.79 Å². The second-order valence-electron chi connectivity index (χ2n) is 7.38. The number of anilines is 1. The van der Waals surface area contributed by atoms with Gasteiger partial charge in [-0.2, -0.15) is 4.31 Å². The number of carbonyl (C=O) groups is 1. The van der Waals surface area contributed by atoms with Gasteiger partial charge in [-0.1, -0.05) is 29.8 Å². The Balaban J connectivity index is 1.54. The van der Waals surface area contributed by atoms with Crippen LogP contribution < -0.4 is 4.90 Å². The average Bonchev–Trinajstić information content (AvgIpc) is 2.73. The zero-order valence-corrected chi connectivity index (χ0v) is 17.1. The molecule has 148 valence electrons. The molecule has 7 heteroatoms. The summed E-state index contributed by atoms with van der Waals surface area (Å²) in [5, 5.41) is 0.495. The molecule has 1 amide bonds. The third-order valence-corrected chi connectivity index (χ3v) is 7.69. The lowest BCUT2D eigenvalue weighted by molar-refractivity contribution is -0.123. The molecule has 0 radical (unpaired) electrons. The molecular weight excluding hydrogens is 396 g/mol. The van der Waals surface area contributed by atoms with Crippen molar-refractivity contribution in [1.82, 2.24) is 4.31 Å². The van der Waals surface area contributed by atoms with Crippen LogP contribution >= 0.6 is 11.6 Å². The lowest BCUT2D eigenvalue weighted by atomic mass is 9.95. The number of piperidine rings is 1. The Kier molecular flexibility index (Phi) is 5.45. The van der Waals surface area contributed by atoms with Gasteiger partial charge >= 0.3 is 0 Å². The molecular formula is C21H23ClN2O3S. The number of nitrogens with zero attached hydrogens (tertiary/aromatic N) is 2. The van der Waals surface area contributed by atoms with Gasteiger partial charge in [-0.15, -0.1) is 0 Å². The van der Waals surface area contributed by atoms with Gasteiger partial charge in [-0.05, 0) is 61.6 Å². The van der Waals surface area contributed by atoms with Crippen LogP contribution in [0.5, 0.6) is 0 Å². The molecule has 0 spiro atoms. The van der Waals surface area contributed by atoms with Crippen molar-refractivity contribution in [1.29, 1.82) is 0 Å². The average molecular weight is 419 g/mol. The molecule has 28 heavy (non-hydrogen) atoms. The third-order valence-electron chi connectivity index (χ3n) is 5.56. The number of rotatable bonds is 3. The zero-order valence-electron chi connectivity index (χ0n) is 15.6. The van der Waals surface area contributed by atoms with E-state index in [9.17, 15) is 13.2 Å². The molecule has 4 rings (SSSR count). The SMILES string of the molecule is O=C(C1CCCN(S(=O)(=O)c2ccc(Cl)cc2)C1)N1CCCc2ccccc21. The van der Waals surface area contributed by atoms with Crippen LogP contribution in [-0.2, 0) is 21.2 Å². The topological polar surface area (TPSA) is 57.7 Å². The summed E-state index contributed by atoms with van der Waals surface area (Å²) in [7, 11) is -3.63. The van der Waals surface area contributed by atoms with Gasteiger partial charge in [-0.25, -0.2) is 8.42 Å². The molecule has 1 fully saturated rings. The molecule has 2 aliphatic rings. The van der Waals surface area contributed by atoms with Crippen LogP contribution in [0.25, 0.3) is 0 Å². The fourth-order valence-corrected chi connectivity index (χ4v) is 5.75. The predicted molar refractivity (Wildman–Crippen MR) is 110 cm³/mol. The van der Waals surface area contributed by atoms with Gasteiger partial charge in [0.1, 0.15) is 0 Å². The smallest absolute Gasteiger partial charge is 0.243 e. The van der Waals surface area contributed by atoms with Crippen LogP contribution in [0.15, 0.2) is 53.4 Å². The molecule has 0 N–H and O–H groups in total. The van der Waals surface area contributed by atoms with Crippen molar-refractivity contribution in [3.8, 4) is 0 Å². The molecule has 0 aliphatic carbocycles. The maximum atomic E-state index is 13.3. The Bertz CT molecular complexity index is 975. The molecule has 0 bridgehead atoms. The van der Waals surface area contributed by atoms with E-state index >= 15 is 0 Å². The van der Waals surface area contributed by atoms with E-state index in [0.717, 1.165) is 18.5 Å². The lowest BCUT2D eigenvalue weighted by Crippen LogP contribution is -2.48. The highest BCUT2D eigenvalue weighted by atomic mass is 35.5. The summed E-state index contributed by atoms with van der Waals surface area (Å²) < 4.78 is 27.4. The largest absolute Gasteiger partial charge is 0.312 e. The predicted octanol–water partition coefficient (Wildman–Crippen LogP) is 3.72. The van der Waals surface area contributed by atoms with Crippen LogP contribution in [0.3, 0.4) is 0 Å². The maximum absolute atomic E-state index is 13.3. The number of halogens is 1. The van der Waals surface area contributed by atoms with Gasteiger partial charge in [0.2, 0.25) is 15.9 Å². The third kappa shape index (κ3) is 3.69. The first-order valence-corrected chi connectivity index (χ1v) is 11.4. The highest BCUT2D eigenvalue weighted by Crippen LogP contribution is 2.31. The van der Waals surface area contributed by atoms with Gasteiger partial charge < -0.3 is 4.90 Å². The van der Waals surface area contributed by atoms with E-state index < -0.39 is 10.0 Å². The van der Waals surface area contributed by atoms with Gasteiger partial charge in [0.05, 0.1) is 10.8 Å². The first-order valence-electron chi connectivity index (χ1n) is 9.62. The molecule has 1 unspecified atom stereocenters. The minimum absolute atomic E-state index is 0.0307. The Morgan fingerprint density at radius 1 is 1.00 bits per heavy atom. The van der Waals surface area contributed by atoms with Gasteiger partial charge in [0.25, 0.3) is 0 Å².